The number of rotatable bonds is 5. The van der Waals surface area contributed by atoms with Crippen LogP contribution in [0.4, 0.5) is 0 Å². The van der Waals surface area contributed by atoms with Crippen molar-refractivity contribution in [1.29, 1.82) is 0 Å². The van der Waals surface area contributed by atoms with Crippen LogP contribution in [0.1, 0.15) is 6.92 Å². The van der Waals surface area contributed by atoms with Crippen LogP contribution in [-0.2, 0) is 4.79 Å². The summed E-state index contributed by atoms with van der Waals surface area (Å²) < 4.78 is 0. The van der Waals surface area contributed by atoms with E-state index >= 15 is 0 Å². The summed E-state index contributed by atoms with van der Waals surface area (Å²) in [6.45, 7) is 1.32. The SMILES string of the molecule is CC(O)C(O)CNCC(=O)O. The van der Waals surface area contributed by atoms with E-state index in [0.29, 0.717) is 0 Å². The third-order valence-electron chi connectivity index (χ3n) is 1.19. The second kappa shape index (κ2) is 5.06. The highest BCUT2D eigenvalue weighted by molar-refractivity contribution is 5.68. The van der Waals surface area contributed by atoms with Crippen LogP contribution in [0.3, 0.4) is 0 Å². The minimum absolute atomic E-state index is 0.0873. The summed E-state index contributed by atoms with van der Waals surface area (Å²) in [5.41, 5.74) is 0. The third-order valence-corrected chi connectivity index (χ3v) is 1.19. The van der Waals surface area contributed by atoms with Crippen LogP contribution >= 0.6 is 0 Å². The Bertz CT molecular complexity index is 126. The van der Waals surface area contributed by atoms with Crippen LogP contribution in [0.25, 0.3) is 0 Å². The highest BCUT2D eigenvalue weighted by atomic mass is 16.4. The average Bonchev–Trinajstić information content (AvgIpc) is 1.86. The molecule has 0 aromatic heterocycles. The molecule has 2 atom stereocenters. The van der Waals surface area contributed by atoms with Crippen molar-refractivity contribution in [2.45, 2.75) is 19.1 Å². The molecule has 0 aromatic carbocycles. The standard InChI is InChI=1S/C6H13NO4/c1-4(8)5(9)2-7-3-6(10)11/h4-5,7-9H,2-3H2,1H3,(H,10,11). The normalized spacial score (nSPS) is 15.9. The first-order chi connectivity index (χ1) is 5.04. The Morgan fingerprint density at radius 1 is 1.55 bits per heavy atom. The maximum absolute atomic E-state index is 9.94. The van der Waals surface area contributed by atoms with Gasteiger partial charge in [0.1, 0.15) is 0 Å². The van der Waals surface area contributed by atoms with Gasteiger partial charge in [0.15, 0.2) is 0 Å². The van der Waals surface area contributed by atoms with Gasteiger partial charge in [0.25, 0.3) is 0 Å². The number of aliphatic carboxylic acids is 1. The van der Waals surface area contributed by atoms with Gasteiger partial charge in [0.05, 0.1) is 18.8 Å². The molecule has 0 fully saturated rings. The number of carboxylic acid groups (broad SMARTS) is 1. The maximum Gasteiger partial charge on any atom is 0.317 e. The fourth-order valence-electron chi connectivity index (χ4n) is 0.498. The van der Waals surface area contributed by atoms with Gasteiger partial charge in [-0.2, -0.15) is 0 Å². The van der Waals surface area contributed by atoms with E-state index in [1.165, 1.54) is 6.92 Å². The summed E-state index contributed by atoms with van der Waals surface area (Å²) in [5.74, 6) is -0.984. The zero-order chi connectivity index (χ0) is 8.85. The minimum atomic E-state index is -0.984. The topological polar surface area (TPSA) is 89.8 Å². The van der Waals surface area contributed by atoms with Crippen molar-refractivity contribution in [3.63, 3.8) is 0 Å². The summed E-state index contributed by atoms with van der Waals surface area (Å²) >= 11 is 0. The zero-order valence-electron chi connectivity index (χ0n) is 6.32. The van der Waals surface area contributed by atoms with E-state index in [1.54, 1.807) is 0 Å². The summed E-state index contributed by atoms with van der Waals surface area (Å²) in [6, 6.07) is 0. The lowest BCUT2D eigenvalue weighted by molar-refractivity contribution is -0.136. The van der Waals surface area contributed by atoms with Crippen molar-refractivity contribution in [3.8, 4) is 0 Å². The molecule has 0 aliphatic rings. The van der Waals surface area contributed by atoms with Gasteiger partial charge in [-0.1, -0.05) is 0 Å². The van der Waals surface area contributed by atoms with Gasteiger partial charge in [-0.3, -0.25) is 4.79 Å². The predicted octanol–water partition coefficient (Wildman–Crippen LogP) is -1.60. The molecule has 66 valence electrons. The number of hydrogen-bond donors (Lipinski definition) is 4. The summed E-state index contributed by atoms with van der Waals surface area (Å²) in [4.78, 5) is 9.94. The quantitative estimate of drug-likeness (QED) is 0.392. The molecule has 0 heterocycles. The number of nitrogens with one attached hydrogen (secondary N) is 1. The highest BCUT2D eigenvalue weighted by Gasteiger charge is 2.09. The van der Waals surface area contributed by atoms with Gasteiger partial charge >= 0.3 is 5.97 Å². The molecular weight excluding hydrogens is 150 g/mol. The fraction of sp³-hybridized carbons (Fsp3) is 0.833. The van der Waals surface area contributed by atoms with Gasteiger partial charge in [0.2, 0.25) is 0 Å². The molecule has 2 unspecified atom stereocenters. The number of aliphatic hydroxyl groups is 2. The van der Waals surface area contributed by atoms with Crippen molar-refractivity contribution in [3.05, 3.63) is 0 Å². The molecule has 5 nitrogen and oxygen atoms in total. The van der Waals surface area contributed by atoms with Crippen molar-refractivity contribution in [1.82, 2.24) is 5.32 Å². The van der Waals surface area contributed by atoms with Crippen LogP contribution in [0.5, 0.6) is 0 Å². The molecule has 11 heavy (non-hydrogen) atoms. The molecule has 0 saturated carbocycles. The molecule has 4 N–H and O–H groups in total. The Labute approximate surface area is 64.7 Å². The van der Waals surface area contributed by atoms with E-state index in [1.807, 2.05) is 0 Å². The Balaban J connectivity index is 3.31. The monoisotopic (exact) mass is 163 g/mol. The Morgan fingerprint density at radius 2 is 2.09 bits per heavy atom. The van der Waals surface area contributed by atoms with E-state index in [2.05, 4.69) is 5.32 Å². The first kappa shape index (κ1) is 10.3. The van der Waals surface area contributed by atoms with E-state index in [0.717, 1.165) is 0 Å². The number of hydrogen-bond acceptors (Lipinski definition) is 4. The number of carboxylic acids is 1. The van der Waals surface area contributed by atoms with E-state index in [4.69, 9.17) is 15.3 Å². The first-order valence-electron chi connectivity index (χ1n) is 3.32. The molecule has 0 saturated heterocycles. The summed E-state index contributed by atoms with van der Waals surface area (Å²) in [6.07, 6.45) is -1.74. The van der Waals surface area contributed by atoms with Gasteiger partial charge in [0, 0.05) is 6.54 Å². The van der Waals surface area contributed by atoms with Crippen LogP contribution in [-0.4, -0.2) is 46.6 Å². The van der Waals surface area contributed by atoms with Crippen LogP contribution < -0.4 is 5.32 Å². The number of carbonyl (C=O) groups is 1. The number of aliphatic hydroxyl groups excluding tert-OH is 2. The van der Waals surface area contributed by atoms with E-state index in [9.17, 15) is 4.79 Å². The smallest absolute Gasteiger partial charge is 0.317 e. The minimum Gasteiger partial charge on any atom is -0.480 e. The van der Waals surface area contributed by atoms with Crippen molar-refractivity contribution >= 4 is 5.97 Å². The Hall–Kier alpha value is -0.650. The molecule has 0 aliphatic heterocycles. The summed E-state index contributed by atoms with van der Waals surface area (Å²) in [7, 11) is 0. The molecule has 5 heteroatoms. The Kier molecular flexibility index (Phi) is 4.76. The largest absolute Gasteiger partial charge is 0.480 e. The second-order valence-corrected chi connectivity index (χ2v) is 2.33. The van der Waals surface area contributed by atoms with E-state index in [-0.39, 0.29) is 13.1 Å². The van der Waals surface area contributed by atoms with Gasteiger partial charge in [-0.05, 0) is 6.92 Å². The predicted molar refractivity (Wildman–Crippen MR) is 38.2 cm³/mol. The first-order valence-corrected chi connectivity index (χ1v) is 3.32. The molecule has 0 spiro atoms. The lowest BCUT2D eigenvalue weighted by Crippen LogP contribution is -2.36. The fourth-order valence-corrected chi connectivity index (χ4v) is 0.498. The van der Waals surface area contributed by atoms with Crippen LogP contribution in [0.2, 0.25) is 0 Å². The van der Waals surface area contributed by atoms with Crippen LogP contribution in [0, 0.1) is 0 Å². The molecule has 0 aliphatic carbocycles. The maximum atomic E-state index is 9.94. The van der Waals surface area contributed by atoms with E-state index < -0.39 is 18.2 Å². The lowest BCUT2D eigenvalue weighted by Gasteiger charge is -2.12. The van der Waals surface area contributed by atoms with Crippen LogP contribution in [0.15, 0.2) is 0 Å². The highest BCUT2D eigenvalue weighted by Crippen LogP contribution is 1.88. The third kappa shape index (κ3) is 5.78. The van der Waals surface area contributed by atoms with Crippen molar-refractivity contribution in [2.24, 2.45) is 0 Å². The molecule has 0 bridgehead atoms. The molecule has 0 aromatic rings. The zero-order valence-corrected chi connectivity index (χ0v) is 6.32. The van der Waals surface area contributed by atoms with Crippen molar-refractivity contribution in [2.75, 3.05) is 13.1 Å². The average molecular weight is 163 g/mol. The molecule has 0 amide bonds. The Morgan fingerprint density at radius 3 is 2.45 bits per heavy atom. The van der Waals surface area contributed by atoms with Gasteiger partial charge in [-0.15, -0.1) is 0 Å². The molecule has 0 rings (SSSR count). The van der Waals surface area contributed by atoms with Gasteiger partial charge in [-0.25, -0.2) is 0 Å². The van der Waals surface area contributed by atoms with Crippen molar-refractivity contribution < 1.29 is 20.1 Å². The van der Waals surface area contributed by atoms with Gasteiger partial charge < -0.3 is 20.6 Å². The molecule has 0 radical (unpaired) electrons. The second-order valence-electron chi connectivity index (χ2n) is 2.33. The summed E-state index contributed by atoms with van der Waals surface area (Å²) in [5, 5.41) is 28.3. The lowest BCUT2D eigenvalue weighted by atomic mass is 10.2. The molecular formula is C6H13NO4.